The molecule has 0 aromatic carbocycles. The molecule has 0 bridgehead atoms. The van der Waals surface area contributed by atoms with E-state index in [1.807, 2.05) is 18.3 Å². The Morgan fingerprint density at radius 1 is 1.54 bits per heavy atom. The number of fused-ring (bicyclic) bond motifs is 1. The largest absolute Gasteiger partial charge is 0.330 e. The number of hydrogen-bond acceptors (Lipinski definition) is 3. The lowest BCUT2D eigenvalue weighted by atomic mass is 10.2. The Morgan fingerprint density at radius 3 is 3.15 bits per heavy atom. The Balaban J connectivity index is 2.48. The molecular weight excluding hydrogens is 188 g/mol. The lowest BCUT2D eigenvalue weighted by Crippen LogP contribution is -2.03. The number of halogens is 1. The van der Waals surface area contributed by atoms with Crippen molar-refractivity contribution in [2.75, 3.05) is 6.54 Å². The molecule has 0 spiro atoms. The van der Waals surface area contributed by atoms with Crippen LogP contribution in [0.5, 0.6) is 0 Å². The van der Waals surface area contributed by atoms with Gasteiger partial charge in [-0.05, 0) is 42.3 Å². The van der Waals surface area contributed by atoms with Crippen molar-refractivity contribution in [1.82, 2.24) is 14.6 Å². The second kappa shape index (κ2) is 3.32. The van der Waals surface area contributed by atoms with Gasteiger partial charge in [0.15, 0.2) is 5.65 Å². The lowest BCUT2D eigenvalue weighted by Gasteiger charge is -1.97. The number of nitrogens with zero attached hydrogens (tertiary/aromatic N) is 3. The van der Waals surface area contributed by atoms with Gasteiger partial charge in [0.05, 0.1) is 0 Å². The van der Waals surface area contributed by atoms with Crippen LogP contribution in [-0.2, 0) is 6.42 Å². The number of aromatic nitrogens is 3. The summed E-state index contributed by atoms with van der Waals surface area (Å²) in [4.78, 5) is 4.03. The molecule has 0 saturated heterocycles. The van der Waals surface area contributed by atoms with Crippen molar-refractivity contribution in [2.45, 2.75) is 6.42 Å². The van der Waals surface area contributed by atoms with Crippen molar-refractivity contribution in [3.05, 3.63) is 29.2 Å². The fraction of sp³-hybridized carbons (Fsp3) is 0.250. The zero-order chi connectivity index (χ0) is 9.26. The van der Waals surface area contributed by atoms with E-state index in [4.69, 9.17) is 17.3 Å². The summed E-state index contributed by atoms with van der Waals surface area (Å²) < 4.78 is 1.64. The third-order valence-corrected chi connectivity index (χ3v) is 1.97. The standard InChI is InChI=1S/C8H9ClN4/c9-8-11-7-5-6(1-3-10)2-4-13(7)12-8/h2,4-5H,1,3,10H2. The zero-order valence-electron chi connectivity index (χ0n) is 6.94. The predicted molar refractivity (Wildman–Crippen MR) is 50.8 cm³/mol. The average molecular weight is 197 g/mol. The predicted octanol–water partition coefficient (Wildman–Crippen LogP) is 0.884. The molecule has 2 heterocycles. The van der Waals surface area contributed by atoms with Gasteiger partial charge in [0.25, 0.3) is 0 Å². The normalized spacial score (nSPS) is 10.9. The van der Waals surface area contributed by atoms with Crippen LogP contribution in [0.1, 0.15) is 5.56 Å². The summed E-state index contributed by atoms with van der Waals surface area (Å²) in [7, 11) is 0. The molecule has 2 N–H and O–H groups in total. The number of hydrogen-bond donors (Lipinski definition) is 1. The Labute approximate surface area is 80.3 Å². The summed E-state index contributed by atoms with van der Waals surface area (Å²) in [5.41, 5.74) is 7.35. The molecule has 5 heteroatoms. The summed E-state index contributed by atoms with van der Waals surface area (Å²) in [5.74, 6) is 0. The van der Waals surface area contributed by atoms with Gasteiger partial charge in [0.2, 0.25) is 5.28 Å². The highest BCUT2D eigenvalue weighted by atomic mass is 35.5. The molecule has 0 radical (unpaired) electrons. The summed E-state index contributed by atoms with van der Waals surface area (Å²) in [6.07, 6.45) is 2.68. The monoisotopic (exact) mass is 196 g/mol. The molecule has 0 aliphatic carbocycles. The van der Waals surface area contributed by atoms with Crippen molar-refractivity contribution < 1.29 is 0 Å². The van der Waals surface area contributed by atoms with Crippen molar-refractivity contribution in [1.29, 1.82) is 0 Å². The van der Waals surface area contributed by atoms with E-state index in [0.717, 1.165) is 17.6 Å². The maximum Gasteiger partial charge on any atom is 0.243 e. The van der Waals surface area contributed by atoms with E-state index in [0.29, 0.717) is 6.54 Å². The molecule has 2 aromatic rings. The molecule has 0 amide bonds. The Morgan fingerprint density at radius 2 is 2.38 bits per heavy atom. The minimum atomic E-state index is 0.268. The highest BCUT2D eigenvalue weighted by molar-refractivity contribution is 6.28. The minimum absolute atomic E-state index is 0.268. The van der Waals surface area contributed by atoms with E-state index in [9.17, 15) is 0 Å². The van der Waals surface area contributed by atoms with Gasteiger partial charge in [-0.2, -0.15) is 4.98 Å². The van der Waals surface area contributed by atoms with Crippen LogP contribution in [0.3, 0.4) is 0 Å². The van der Waals surface area contributed by atoms with Crippen LogP contribution >= 0.6 is 11.6 Å². The van der Waals surface area contributed by atoms with Crippen molar-refractivity contribution in [3.8, 4) is 0 Å². The Bertz CT molecular complexity index is 423. The van der Waals surface area contributed by atoms with Crippen LogP contribution in [0.2, 0.25) is 5.28 Å². The molecule has 2 aromatic heterocycles. The van der Waals surface area contributed by atoms with E-state index in [-0.39, 0.29) is 5.28 Å². The Hall–Kier alpha value is -1.13. The third kappa shape index (κ3) is 1.64. The van der Waals surface area contributed by atoms with Crippen LogP contribution < -0.4 is 5.73 Å². The summed E-state index contributed by atoms with van der Waals surface area (Å²) in [5, 5.41) is 4.22. The first kappa shape index (κ1) is 8.47. The fourth-order valence-electron chi connectivity index (χ4n) is 1.22. The Kier molecular flexibility index (Phi) is 2.16. The molecule has 68 valence electrons. The van der Waals surface area contributed by atoms with Crippen LogP contribution in [0.4, 0.5) is 0 Å². The SMILES string of the molecule is NCCc1ccn2nc(Cl)nc2c1. The molecule has 0 fully saturated rings. The van der Waals surface area contributed by atoms with Gasteiger partial charge in [-0.3, -0.25) is 0 Å². The molecular formula is C8H9ClN4. The highest BCUT2D eigenvalue weighted by Gasteiger charge is 2.00. The van der Waals surface area contributed by atoms with Gasteiger partial charge >= 0.3 is 0 Å². The van der Waals surface area contributed by atoms with E-state index < -0.39 is 0 Å². The molecule has 4 nitrogen and oxygen atoms in total. The first-order valence-electron chi connectivity index (χ1n) is 4.00. The second-order valence-corrected chi connectivity index (χ2v) is 3.10. The van der Waals surface area contributed by atoms with Crippen molar-refractivity contribution >= 4 is 17.2 Å². The molecule has 0 aliphatic rings. The van der Waals surface area contributed by atoms with Gasteiger partial charge in [0.1, 0.15) is 0 Å². The van der Waals surface area contributed by atoms with Gasteiger partial charge in [-0.1, -0.05) is 0 Å². The quantitative estimate of drug-likeness (QED) is 0.776. The minimum Gasteiger partial charge on any atom is -0.330 e. The maximum atomic E-state index is 5.64. The average Bonchev–Trinajstić information content (AvgIpc) is 2.44. The highest BCUT2D eigenvalue weighted by Crippen LogP contribution is 2.08. The van der Waals surface area contributed by atoms with Crippen LogP contribution in [0.25, 0.3) is 5.65 Å². The van der Waals surface area contributed by atoms with E-state index in [1.165, 1.54) is 0 Å². The summed E-state index contributed by atoms with van der Waals surface area (Å²) in [6.45, 7) is 0.637. The molecule has 2 rings (SSSR count). The molecule has 0 saturated carbocycles. The zero-order valence-corrected chi connectivity index (χ0v) is 7.70. The molecule has 0 unspecified atom stereocenters. The van der Waals surface area contributed by atoms with Gasteiger partial charge in [0, 0.05) is 6.20 Å². The topological polar surface area (TPSA) is 56.2 Å². The first-order chi connectivity index (χ1) is 6.29. The lowest BCUT2D eigenvalue weighted by molar-refractivity contribution is 0.930. The van der Waals surface area contributed by atoms with Gasteiger partial charge in [-0.15, -0.1) is 5.10 Å². The fourth-order valence-corrected chi connectivity index (χ4v) is 1.39. The molecule has 0 atom stereocenters. The third-order valence-electron chi connectivity index (χ3n) is 1.81. The second-order valence-electron chi connectivity index (χ2n) is 2.76. The number of rotatable bonds is 2. The van der Waals surface area contributed by atoms with Crippen molar-refractivity contribution in [3.63, 3.8) is 0 Å². The van der Waals surface area contributed by atoms with E-state index in [2.05, 4.69) is 10.1 Å². The van der Waals surface area contributed by atoms with Gasteiger partial charge < -0.3 is 5.73 Å². The summed E-state index contributed by atoms with van der Waals surface area (Å²) >= 11 is 5.64. The number of nitrogens with two attached hydrogens (primary N) is 1. The summed E-state index contributed by atoms with van der Waals surface area (Å²) in [6, 6.07) is 3.90. The first-order valence-corrected chi connectivity index (χ1v) is 4.38. The van der Waals surface area contributed by atoms with Crippen LogP contribution in [-0.4, -0.2) is 21.1 Å². The van der Waals surface area contributed by atoms with Crippen LogP contribution in [0.15, 0.2) is 18.3 Å². The smallest absolute Gasteiger partial charge is 0.243 e. The van der Waals surface area contributed by atoms with Gasteiger partial charge in [-0.25, -0.2) is 4.52 Å². The van der Waals surface area contributed by atoms with Crippen LogP contribution in [0, 0.1) is 0 Å². The van der Waals surface area contributed by atoms with Crippen molar-refractivity contribution in [2.24, 2.45) is 5.73 Å². The molecule has 13 heavy (non-hydrogen) atoms. The molecule has 0 aliphatic heterocycles. The van der Waals surface area contributed by atoms with E-state index >= 15 is 0 Å². The van der Waals surface area contributed by atoms with E-state index in [1.54, 1.807) is 4.52 Å². The maximum absolute atomic E-state index is 5.64. The number of pyridine rings is 1.